The van der Waals surface area contributed by atoms with E-state index in [-0.39, 0.29) is 0 Å². The van der Waals surface area contributed by atoms with Crippen molar-refractivity contribution in [1.82, 2.24) is 0 Å². The largest absolute Gasteiger partial charge is 0.372 e. The zero-order valence-corrected chi connectivity index (χ0v) is 12.7. The van der Waals surface area contributed by atoms with Crippen molar-refractivity contribution in [2.45, 2.75) is 37.1 Å². The summed E-state index contributed by atoms with van der Waals surface area (Å²) in [5.41, 5.74) is 2.63. The van der Waals surface area contributed by atoms with E-state index >= 15 is 0 Å². The van der Waals surface area contributed by atoms with Gasteiger partial charge in [-0.15, -0.1) is 0 Å². The van der Waals surface area contributed by atoms with Gasteiger partial charge in [0.2, 0.25) is 0 Å². The number of anilines is 1. The third kappa shape index (κ3) is 2.62. The van der Waals surface area contributed by atoms with Crippen molar-refractivity contribution in [3.63, 3.8) is 0 Å². The fourth-order valence-electron chi connectivity index (χ4n) is 2.37. The third-order valence-electron chi connectivity index (χ3n) is 3.46. The molecule has 0 unspecified atom stereocenters. The number of rotatable bonds is 3. The van der Waals surface area contributed by atoms with E-state index in [1.54, 1.807) is 0 Å². The monoisotopic (exact) mass is 345 g/mol. The lowest BCUT2D eigenvalue weighted by molar-refractivity contribution is 0.653. The van der Waals surface area contributed by atoms with Gasteiger partial charge in [-0.05, 0) is 30.5 Å². The molecule has 0 radical (unpaired) electrons. The molecule has 16 heavy (non-hydrogen) atoms. The van der Waals surface area contributed by atoms with Crippen molar-refractivity contribution in [2.24, 2.45) is 0 Å². The summed E-state index contributed by atoms with van der Waals surface area (Å²) in [5.74, 6) is 0. The van der Waals surface area contributed by atoms with Crippen LogP contribution in [0.2, 0.25) is 0 Å². The lowest BCUT2D eigenvalue weighted by Gasteiger charge is -2.27. The Morgan fingerprint density at radius 3 is 2.56 bits per heavy atom. The standard InChI is InChI=1S/C13H17Br2N/c1-16(11-4-2-3-5-11)12-7-6-10(9-14)13(15)8-12/h6-8,11H,2-5,9H2,1H3. The average Bonchev–Trinajstić information content (AvgIpc) is 2.81. The van der Waals surface area contributed by atoms with Crippen LogP contribution in [0.1, 0.15) is 31.2 Å². The topological polar surface area (TPSA) is 3.24 Å². The second-order valence-corrected chi connectivity index (χ2v) is 5.87. The quantitative estimate of drug-likeness (QED) is 0.715. The fraction of sp³-hybridized carbons (Fsp3) is 0.538. The van der Waals surface area contributed by atoms with Gasteiger partial charge in [-0.1, -0.05) is 50.8 Å². The lowest BCUT2D eigenvalue weighted by Crippen LogP contribution is -2.28. The van der Waals surface area contributed by atoms with Crippen LogP contribution in [0, 0.1) is 0 Å². The highest BCUT2D eigenvalue weighted by Gasteiger charge is 2.20. The molecule has 2 rings (SSSR count). The molecular weight excluding hydrogens is 330 g/mol. The highest BCUT2D eigenvalue weighted by atomic mass is 79.9. The van der Waals surface area contributed by atoms with Crippen molar-refractivity contribution >= 4 is 37.5 Å². The maximum atomic E-state index is 3.63. The van der Waals surface area contributed by atoms with Crippen LogP contribution in [-0.4, -0.2) is 13.1 Å². The number of benzene rings is 1. The molecule has 0 amide bonds. The maximum absolute atomic E-state index is 3.63. The second-order valence-electron chi connectivity index (χ2n) is 4.46. The number of hydrogen-bond acceptors (Lipinski definition) is 1. The summed E-state index contributed by atoms with van der Waals surface area (Å²) < 4.78 is 1.20. The minimum absolute atomic E-state index is 0.738. The molecule has 1 saturated carbocycles. The number of alkyl halides is 1. The number of halogens is 2. The molecule has 0 spiro atoms. The molecule has 1 aliphatic carbocycles. The second kappa shape index (κ2) is 5.54. The molecule has 1 aliphatic rings. The molecule has 1 nitrogen and oxygen atoms in total. The lowest BCUT2D eigenvalue weighted by atomic mass is 10.1. The smallest absolute Gasteiger partial charge is 0.0377 e. The van der Waals surface area contributed by atoms with E-state index in [1.165, 1.54) is 41.4 Å². The molecule has 88 valence electrons. The van der Waals surface area contributed by atoms with Gasteiger partial charge in [-0.3, -0.25) is 0 Å². The van der Waals surface area contributed by atoms with Gasteiger partial charge in [0.15, 0.2) is 0 Å². The van der Waals surface area contributed by atoms with E-state index < -0.39 is 0 Å². The Morgan fingerprint density at radius 1 is 1.31 bits per heavy atom. The Labute approximate surface area is 114 Å². The van der Waals surface area contributed by atoms with E-state index in [1.807, 2.05) is 0 Å². The van der Waals surface area contributed by atoms with Gasteiger partial charge >= 0.3 is 0 Å². The molecule has 1 aromatic rings. The van der Waals surface area contributed by atoms with Crippen molar-refractivity contribution in [3.05, 3.63) is 28.2 Å². The summed E-state index contributed by atoms with van der Waals surface area (Å²) in [6.45, 7) is 0. The van der Waals surface area contributed by atoms with Crippen molar-refractivity contribution < 1.29 is 0 Å². The van der Waals surface area contributed by atoms with E-state index in [2.05, 4.69) is 62.0 Å². The van der Waals surface area contributed by atoms with Gasteiger partial charge < -0.3 is 4.90 Å². The van der Waals surface area contributed by atoms with E-state index in [9.17, 15) is 0 Å². The molecule has 1 aromatic carbocycles. The molecule has 3 heteroatoms. The summed E-state index contributed by atoms with van der Waals surface area (Å²) in [6.07, 6.45) is 5.45. The van der Waals surface area contributed by atoms with Crippen LogP contribution in [0.25, 0.3) is 0 Å². The summed E-state index contributed by atoms with van der Waals surface area (Å²) in [5, 5.41) is 0.904. The Balaban J connectivity index is 2.16. The van der Waals surface area contributed by atoms with Gasteiger partial charge in [0.25, 0.3) is 0 Å². The van der Waals surface area contributed by atoms with Crippen LogP contribution in [0.15, 0.2) is 22.7 Å². The van der Waals surface area contributed by atoms with E-state index in [4.69, 9.17) is 0 Å². The Kier molecular flexibility index (Phi) is 4.31. The maximum Gasteiger partial charge on any atom is 0.0377 e. The third-order valence-corrected chi connectivity index (χ3v) is 4.80. The first kappa shape index (κ1) is 12.4. The number of nitrogens with zero attached hydrogens (tertiary/aromatic N) is 1. The minimum atomic E-state index is 0.738. The normalized spacial score (nSPS) is 16.7. The first-order chi connectivity index (χ1) is 7.72. The van der Waals surface area contributed by atoms with Gasteiger partial charge in [0.05, 0.1) is 0 Å². The molecule has 1 fully saturated rings. The first-order valence-electron chi connectivity index (χ1n) is 5.79. The van der Waals surface area contributed by atoms with Crippen molar-refractivity contribution in [3.8, 4) is 0 Å². The van der Waals surface area contributed by atoms with Crippen LogP contribution in [0.5, 0.6) is 0 Å². The minimum Gasteiger partial charge on any atom is -0.372 e. The van der Waals surface area contributed by atoms with Crippen LogP contribution in [0.3, 0.4) is 0 Å². The Hall–Kier alpha value is -0.0200. The summed E-state index contributed by atoms with van der Waals surface area (Å²) in [6, 6.07) is 7.38. The molecular formula is C13H17Br2N. The molecule has 0 aromatic heterocycles. The van der Waals surface area contributed by atoms with Gasteiger partial charge in [0.1, 0.15) is 0 Å². The van der Waals surface area contributed by atoms with Gasteiger partial charge in [-0.2, -0.15) is 0 Å². The fourth-order valence-corrected chi connectivity index (χ4v) is 3.74. The SMILES string of the molecule is CN(c1ccc(CBr)c(Br)c1)C1CCCC1. The zero-order valence-electron chi connectivity index (χ0n) is 9.55. The van der Waals surface area contributed by atoms with Crippen LogP contribution >= 0.6 is 31.9 Å². The van der Waals surface area contributed by atoms with Crippen LogP contribution < -0.4 is 4.90 Å². The summed E-state index contributed by atoms with van der Waals surface area (Å²) >= 11 is 7.12. The van der Waals surface area contributed by atoms with Gasteiger partial charge in [0, 0.05) is 28.6 Å². The van der Waals surface area contributed by atoms with Crippen molar-refractivity contribution in [2.75, 3.05) is 11.9 Å². The molecule has 0 heterocycles. The predicted octanol–water partition coefficient (Wildman–Crippen LogP) is 4.72. The molecule has 0 N–H and O–H groups in total. The highest BCUT2D eigenvalue weighted by Crippen LogP contribution is 2.30. The van der Waals surface area contributed by atoms with Gasteiger partial charge in [-0.25, -0.2) is 0 Å². The summed E-state index contributed by atoms with van der Waals surface area (Å²) in [4.78, 5) is 2.43. The van der Waals surface area contributed by atoms with E-state index in [0.717, 1.165) is 11.4 Å². The molecule has 0 bridgehead atoms. The van der Waals surface area contributed by atoms with Crippen molar-refractivity contribution in [1.29, 1.82) is 0 Å². The average molecular weight is 347 g/mol. The first-order valence-corrected chi connectivity index (χ1v) is 7.71. The Morgan fingerprint density at radius 2 is 2.00 bits per heavy atom. The zero-order chi connectivity index (χ0) is 11.5. The highest BCUT2D eigenvalue weighted by molar-refractivity contribution is 9.10. The predicted molar refractivity (Wildman–Crippen MR) is 77.4 cm³/mol. The number of hydrogen-bond donors (Lipinski definition) is 0. The molecule has 0 aliphatic heterocycles. The molecule has 0 saturated heterocycles. The van der Waals surface area contributed by atoms with E-state index in [0.29, 0.717) is 0 Å². The molecule has 0 atom stereocenters. The van der Waals surface area contributed by atoms with Crippen LogP contribution in [-0.2, 0) is 5.33 Å². The summed E-state index contributed by atoms with van der Waals surface area (Å²) in [7, 11) is 2.21. The Bertz CT molecular complexity index is 359. The van der Waals surface area contributed by atoms with Crippen LogP contribution in [0.4, 0.5) is 5.69 Å².